The number of rotatable bonds is 6. The van der Waals surface area contributed by atoms with Crippen molar-refractivity contribution in [3.05, 3.63) is 64.7 Å². The first-order chi connectivity index (χ1) is 14.6. The molecule has 0 saturated heterocycles. The zero-order chi connectivity index (χ0) is 22.8. The molecule has 0 atom stereocenters. The monoisotopic (exact) mass is 462 g/mol. The molecule has 3 rings (SSSR count). The lowest BCUT2D eigenvalue weighted by Crippen LogP contribution is -2.39. The van der Waals surface area contributed by atoms with Gasteiger partial charge in [-0.25, -0.2) is 8.42 Å². The molecule has 168 valence electrons. The van der Waals surface area contributed by atoms with Crippen LogP contribution in [0.4, 0.5) is 0 Å². The Morgan fingerprint density at radius 3 is 2.19 bits per heavy atom. The molecule has 31 heavy (non-hydrogen) atoms. The van der Waals surface area contributed by atoms with E-state index >= 15 is 0 Å². The molecule has 0 aromatic heterocycles. The van der Waals surface area contributed by atoms with E-state index in [0.29, 0.717) is 5.92 Å². The summed E-state index contributed by atoms with van der Waals surface area (Å²) in [5, 5.41) is 0.265. The predicted molar refractivity (Wildman–Crippen MR) is 125 cm³/mol. The van der Waals surface area contributed by atoms with Crippen LogP contribution in [0.25, 0.3) is 0 Å². The zero-order valence-corrected chi connectivity index (χ0v) is 20.2. The third kappa shape index (κ3) is 5.13. The van der Waals surface area contributed by atoms with Crippen molar-refractivity contribution in [1.82, 2.24) is 9.21 Å². The van der Waals surface area contributed by atoms with E-state index in [1.54, 1.807) is 25.8 Å². The van der Waals surface area contributed by atoms with Gasteiger partial charge in [0.2, 0.25) is 10.0 Å². The SMILES string of the molecule is CC(C)N(C)S(=O)(=O)c1ccc(Cl)c(C(=O)N(C)C2CCC(c3ccccc3)CC2)c1. The number of hydrogen-bond acceptors (Lipinski definition) is 3. The summed E-state index contributed by atoms with van der Waals surface area (Å²) in [7, 11) is -0.375. The van der Waals surface area contributed by atoms with Gasteiger partial charge in [-0.2, -0.15) is 4.31 Å². The highest BCUT2D eigenvalue weighted by Gasteiger charge is 2.30. The Bertz CT molecular complexity index is 1020. The maximum absolute atomic E-state index is 13.2. The summed E-state index contributed by atoms with van der Waals surface area (Å²) in [6, 6.07) is 14.8. The summed E-state index contributed by atoms with van der Waals surface area (Å²) in [6.45, 7) is 3.61. The van der Waals surface area contributed by atoms with Gasteiger partial charge in [0, 0.05) is 26.2 Å². The summed E-state index contributed by atoms with van der Waals surface area (Å²) in [5.41, 5.74) is 1.58. The first kappa shape index (κ1) is 23.8. The van der Waals surface area contributed by atoms with Crippen LogP contribution in [0.3, 0.4) is 0 Å². The average Bonchev–Trinajstić information content (AvgIpc) is 2.78. The number of benzene rings is 2. The normalized spacial score (nSPS) is 19.6. The van der Waals surface area contributed by atoms with Crippen molar-refractivity contribution in [1.29, 1.82) is 0 Å². The highest BCUT2D eigenvalue weighted by molar-refractivity contribution is 7.89. The lowest BCUT2D eigenvalue weighted by Gasteiger charge is -2.35. The predicted octanol–water partition coefficient (Wildman–Crippen LogP) is 5.17. The summed E-state index contributed by atoms with van der Waals surface area (Å²) in [5.74, 6) is 0.280. The summed E-state index contributed by atoms with van der Waals surface area (Å²) in [6.07, 6.45) is 3.86. The van der Waals surface area contributed by atoms with Gasteiger partial charge in [-0.05, 0) is 69.2 Å². The van der Waals surface area contributed by atoms with Crippen molar-refractivity contribution in [2.75, 3.05) is 14.1 Å². The lowest BCUT2D eigenvalue weighted by molar-refractivity contribution is 0.0689. The molecule has 0 spiro atoms. The van der Waals surface area contributed by atoms with Crippen LogP contribution in [0.5, 0.6) is 0 Å². The molecule has 1 fully saturated rings. The van der Waals surface area contributed by atoms with Gasteiger partial charge in [-0.1, -0.05) is 41.9 Å². The quantitative estimate of drug-likeness (QED) is 0.595. The molecule has 0 bridgehead atoms. The van der Waals surface area contributed by atoms with Crippen molar-refractivity contribution >= 4 is 27.5 Å². The van der Waals surface area contributed by atoms with Crippen LogP contribution in [0.1, 0.15) is 61.4 Å². The molecule has 5 nitrogen and oxygen atoms in total. The van der Waals surface area contributed by atoms with Gasteiger partial charge in [0.05, 0.1) is 15.5 Å². The van der Waals surface area contributed by atoms with Crippen LogP contribution < -0.4 is 0 Å². The minimum atomic E-state index is -3.70. The van der Waals surface area contributed by atoms with E-state index in [4.69, 9.17) is 11.6 Å². The Hall–Kier alpha value is -1.89. The van der Waals surface area contributed by atoms with E-state index in [-0.39, 0.29) is 33.5 Å². The minimum absolute atomic E-state index is 0.0811. The van der Waals surface area contributed by atoms with Crippen molar-refractivity contribution < 1.29 is 13.2 Å². The second-order valence-corrected chi connectivity index (χ2v) is 11.0. The number of hydrogen-bond donors (Lipinski definition) is 0. The Labute approximate surface area is 191 Å². The van der Waals surface area contributed by atoms with Crippen molar-refractivity contribution in [2.45, 2.75) is 62.4 Å². The maximum Gasteiger partial charge on any atom is 0.255 e. The van der Waals surface area contributed by atoms with E-state index in [1.165, 1.54) is 35.1 Å². The molecule has 0 unspecified atom stereocenters. The topological polar surface area (TPSA) is 57.7 Å². The van der Waals surface area contributed by atoms with Gasteiger partial charge in [-0.3, -0.25) is 4.79 Å². The van der Waals surface area contributed by atoms with Gasteiger partial charge in [-0.15, -0.1) is 0 Å². The molecule has 0 aliphatic heterocycles. The van der Waals surface area contributed by atoms with E-state index in [1.807, 2.05) is 6.07 Å². The molecular formula is C24H31ClN2O3S. The number of halogens is 1. The fourth-order valence-electron chi connectivity index (χ4n) is 4.15. The molecule has 7 heteroatoms. The van der Waals surface area contributed by atoms with E-state index in [0.717, 1.165) is 25.7 Å². The second-order valence-electron chi connectivity index (χ2n) is 8.59. The summed E-state index contributed by atoms with van der Waals surface area (Å²) >= 11 is 6.31. The number of carbonyl (C=O) groups is 1. The molecule has 1 saturated carbocycles. The van der Waals surface area contributed by atoms with E-state index < -0.39 is 10.0 Å². The zero-order valence-electron chi connectivity index (χ0n) is 18.6. The van der Waals surface area contributed by atoms with Crippen LogP contribution in [0, 0.1) is 0 Å². The van der Waals surface area contributed by atoms with Gasteiger partial charge < -0.3 is 4.90 Å². The minimum Gasteiger partial charge on any atom is -0.339 e. The lowest BCUT2D eigenvalue weighted by atomic mass is 9.81. The molecule has 0 radical (unpaired) electrons. The van der Waals surface area contributed by atoms with Crippen molar-refractivity contribution in [2.24, 2.45) is 0 Å². The van der Waals surface area contributed by atoms with Crippen LogP contribution in [-0.4, -0.2) is 49.7 Å². The summed E-state index contributed by atoms with van der Waals surface area (Å²) < 4.78 is 27.0. The standard InChI is InChI=1S/C24H31ClN2O3S/c1-17(2)27(4)31(29,30)21-14-15-23(25)22(16-21)24(28)26(3)20-12-10-19(11-13-20)18-8-6-5-7-9-18/h5-9,14-17,19-20H,10-13H2,1-4H3. The molecule has 0 heterocycles. The molecular weight excluding hydrogens is 432 g/mol. The first-order valence-electron chi connectivity index (χ1n) is 10.7. The third-order valence-corrected chi connectivity index (χ3v) is 8.77. The van der Waals surface area contributed by atoms with Crippen LogP contribution in [-0.2, 0) is 10.0 Å². The Balaban J connectivity index is 1.75. The third-order valence-electron chi connectivity index (χ3n) is 6.41. The van der Waals surface area contributed by atoms with Crippen LogP contribution in [0.2, 0.25) is 5.02 Å². The molecule has 2 aromatic carbocycles. The maximum atomic E-state index is 13.2. The van der Waals surface area contributed by atoms with Gasteiger partial charge >= 0.3 is 0 Å². The van der Waals surface area contributed by atoms with Crippen molar-refractivity contribution in [3.63, 3.8) is 0 Å². The van der Waals surface area contributed by atoms with Crippen LogP contribution >= 0.6 is 11.6 Å². The Kier molecular flexibility index (Phi) is 7.45. The molecule has 0 N–H and O–H groups in total. The summed E-state index contributed by atoms with van der Waals surface area (Å²) in [4.78, 5) is 15.0. The number of amides is 1. The van der Waals surface area contributed by atoms with E-state index in [9.17, 15) is 13.2 Å². The van der Waals surface area contributed by atoms with Crippen molar-refractivity contribution in [3.8, 4) is 0 Å². The second kappa shape index (κ2) is 9.72. The fourth-order valence-corrected chi connectivity index (χ4v) is 5.74. The fraction of sp³-hybridized carbons (Fsp3) is 0.458. The number of nitrogens with zero attached hydrogens (tertiary/aromatic N) is 2. The average molecular weight is 463 g/mol. The molecule has 1 aliphatic carbocycles. The first-order valence-corrected chi connectivity index (χ1v) is 12.5. The highest BCUT2D eigenvalue weighted by Crippen LogP contribution is 2.35. The Morgan fingerprint density at radius 2 is 1.61 bits per heavy atom. The van der Waals surface area contributed by atoms with Gasteiger partial charge in [0.25, 0.3) is 5.91 Å². The van der Waals surface area contributed by atoms with Gasteiger partial charge in [0.15, 0.2) is 0 Å². The largest absolute Gasteiger partial charge is 0.339 e. The van der Waals surface area contributed by atoms with E-state index in [2.05, 4.69) is 24.3 Å². The molecule has 1 amide bonds. The number of carbonyl (C=O) groups excluding carboxylic acids is 1. The Morgan fingerprint density at radius 1 is 1.00 bits per heavy atom. The number of sulfonamides is 1. The molecule has 1 aliphatic rings. The molecule has 2 aromatic rings. The van der Waals surface area contributed by atoms with Crippen LogP contribution in [0.15, 0.2) is 53.4 Å². The highest BCUT2D eigenvalue weighted by atomic mass is 35.5. The smallest absolute Gasteiger partial charge is 0.255 e. The van der Waals surface area contributed by atoms with Gasteiger partial charge in [0.1, 0.15) is 0 Å².